The molecule has 0 aromatic carbocycles. The first-order chi connectivity index (χ1) is 9.34. The summed E-state index contributed by atoms with van der Waals surface area (Å²) in [4.78, 5) is 33.8. The zero-order chi connectivity index (χ0) is 15.2. The molecule has 2 amide bonds. The van der Waals surface area contributed by atoms with Gasteiger partial charge in [0.1, 0.15) is 6.54 Å². The van der Waals surface area contributed by atoms with Crippen molar-refractivity contribution in [2.75, 3.05) is 26.2 Å². The molecule has 1 heterocycles. The van der Waals surface area contributed by atoms with E-state index in [2.05, 4.69) is 16.0 Å². The highest BCUT2D eigenvalue weighted by Crippen LogP contribution is 2.31. The number of aliphatic carboxylic acids is 1. The molecule has 20 heavy (non-hydrogen) atoms. The van der Waals surface area contributed by atoms with Gasteiger partial charge >= 0.3 is 5.97 Å². The summed E-state index contributed by atoms with van der Waals surface area (Å²) in [6.45, 7) is 4.88. The fourth-order valence-electron chi connectivity index (χ4n) is 2.28. The molecule has 1 atom stereocenters. The molecule has 0 aromatic heterocycles. The SMILES string of the molecule is CC(C)(C(=O)NCC(=O)NCC(=O)O)C1CCCNC1. The van der Waals surface area contributed by atoms with Crippen molar-refractivity contribution in [3.8, 4) is 0 Å². The van der Waals surface area contributed by atoms with Crippen LogP contribution in [0, 0.1) is 11.3 Å². The van der Waals surface area contributed by atoms with E-state index in [-0.39, 0.29) is 18.4 Å². The van der Waals surface area contributed by atoms with Gasteiger partial charge in [-0.25, -0.2) is 0 Å². The second-order valence-corrected chi connectivity index (χ2v) is 5.62. The average molecular weight is 285 g/mol. The van der Waals surface area contributed by atoms with Crippen LogP contribution < -0.4 is 16.0 Å². The molecule has 7 heteroatoms. The van der Waals surface area contributed by atoms with Gasteiger partial charge in [0, 0.05) is 5.41 Å². The van der Waals surface area contributed by atoms with Crippen LogP contribution in [0.15, 0.2) is 0 Å². The minimum atomic E-state index is -1.11. The normalized spacial score (nSPS) is 19.2. The number of piperidine rings is 1. The first-order valence-corrected chi connectivity index (χ1v) is 6.81. The van der Waals surface area contributed by atoms with E-state index in [1.165, 1.54) is 0 Å². The maximum absolute atomic E-state index is 12.2. The number of carboxylic acids is 1. The van der Waals surface area contributed by atoms with E-state index in [0.717, 1.165) is 25.9 Å². The van der Waals surface area contributed by atoms with Crippen molar-refractivity contribution in [1.29, 1.82) is 0 Å². The van der Waals surface area contributed by atoms with Gasteiger partial charge in [-0.3, -0.25) is 14.4 Å². The van der Waals surface area contributed by atoms with Gasteiger partial charge in [0.25, 0.3) is 0 Å². The Labute approximate surface area is 118 Å². The molecule has 0 radical (unpaired) electrons. The number of hydrogen-bond acceptors (Lipinski definition) is 4. The van der Waals surface area contributed by atoms with Crippen molar-refractivity contribution in [3.63, 3.8) is 0 Å². The van der Waals surface area contributed by atoms with Gasteiger partial charge in [0.05, 0.1) is 6.54 Å². The fourth-order valence-corrected chi connectivity index (χ4v) is 2.28. The molecule has 114 valence electrons. The Morgan fingerprint density at radius 2 is 1.95 bits per heavy atom. The van der Waals surface area contributed by atoms with Crippen LogP contribution in [0.25, 0.3) is 0 Å². The number of nitrogens with one attached hydrogen (secondary N) is 3. The molecule has 1 unspecified atom stereocenters. The fraction of sp³-hybridized carbons (Fsp3) is 0.769. The first kappa shape index (κ1) is 16.4. The van der Waals surface area contributed by atoms with Crippen LogP contribution in [-0.4, -0.2) is 49.1 Å². The van der Waals surface area contributed by atoms with E-state index < -0.39 is 23.8 Å². The highest BCUT2D eigenvalue weighted by atomic mass is 16.4. The van der Waals surface area contributed by atoms with Crippen LogP contribution in [0.5, 0.6) is 0 Å². The molecule has 0 saturated carbocycles. The molecule has 0 aromatic rings. The minimum absolute atomic E-state index is 0.184. The van der Waals surface area contributed by atoms with Crippen LogP contribution in [-0.2, 0) is 14.4 Å². The van der Waals surface area contributed by atoms with Gasteiger partial charge in [-0.15, -0.1) is 0 Å². The van der Waals surface area contributed by atoms with Gasteiger partial charge < -0.3 is 21.1 Å². The molecule has 1 aliphatic heterocycles. The maximum atomic E-state index is 12.2. The van der Waals surface area contributed by atoms with Crippen LogP contribution in [0.2, 0.25) is 0 Å². The molecular formula is C13H23N3O4. The Morgan fingerprint density at radius 3 is 2.50 bits per heavy atom. The van der Waals surface area contributed by atoms with E-state index in [0.29, 0.717) is 0 Å². The number of amides is 2. The number of hydrogen-bond donors (Lipinski definition) is 4. The zero-order valence-electron chi connectivity index (χ0n) is 12.0. The lowest BCUT2D eigenvalue weighted by atomic mass is 9.74. The number of rotatable bonds is 6. The van der Waals surface area contributed by atoms with Crippen molar-refractivity contribution in [3.05, 3.63) is 0 Å². The highest BCUT2D eigenvalue weighted by molar-refractivity contribution is 5.88. The van der Waals surface area contributed by atoms with Crippen LogP contribution >= 0.6 is 0 Å². The molecule has 0 spiro atoms. The topological polar surface area (TPSA) is 108 Å². The molecule has 0 bridgehead atoms. The number of carboxylic acid groups (broad SMARTS) is 1. The maximum Gasteiger partial charge on any atom is 0.322 e. The van der Waals surface area contributed by atoms with Crippen LogP contribution in [0.3, 0.4) is 0 Å². The molecular weight excluding hydrogens is 262 g/mol. The van der Waals surface area contributed by atoms with Crippen molar-refractivity contribution in [2.24, 2.45) is 11.3 Å². The van der Waals surface area contributed by atoms with E-state index in [1.54, 1.807) is 0 Å². The predicted octanol–water partition coefficient (Wildman–Crippen LogP) is -0.671. The summed E-state index contributed by atoms with van der Waals surface area (Å²) in [6.07, 6.45) is 2.03. The Balaban J connectivity index is 2.40. The molecule has 0 aliphatic carbocycles. The summed E-state index contributed by atoms with van der Waals surface area (Å²) < 4.78 is 0. The first-order valence-electron chi connectivity index (χ1n) is 6.81. The van der Waals surface area contributed by atoms with Crippen molar-refractivity contribution in [2.45, 2.75) is 26.7 Å². The molecule has 7 nitrogen and oxygen atoms in total. The molecule has 1 aliphatic rings. The monoisotopic (exact) mass is 285 g/mol. The number of carbonyl (C=O) groups excluding carboxylic acids is 2. The van der Waals surface area contributed by atoms with Gasteiger partial charge in [0.2, 0.25) is 11.8 Å². The quantitative estimate of drug-likeness (QED) is 0.518. The second kappa shape index (κ2) is 7.23. The standard InChI is InChI=1S/C13H23N3O4/c1-13(2,9-4-3-5-14-6-9)12(20)16-7-10(17)15-8-11(18)19/h9,14H,3-8H2,1-2H3,(H,15,17)(H,16,20)(H,18,19). The summed E-state index contributed by atoms with van der Waals surface area (Å²) >= 11 is 0. The lowest BCUT2D eigenvalue weighted by Gasteiger charge is -2.35. The molecule has 1 fully saturated rings. The Kier molecular flexibility index (Phi) is 5.94. The lowest BCUT2D eigenvalue weighted by Crippen LogP contribution is -2.49. The van der Waals surface area contributed by atoms with Crippen molar-refractivity contribution in [1.82, 2.24) is 16.0 Å². The third-order valence-electron chi connectivity index (χ3n) is 3.75. The van der Waals surface area contributed by atoms with Gasteiger partial charge in [-0.05, 0) is 31.8 Å². The minimum Gasteiger partial charge on any atom is -0.480 e. The Bertz CT molecular complexity index is 376. The lowest BCUT2D eigenvalue weighted by molar-refractivity contribution is -0.138. The zero-order valence-corrected chi connectivity index (χ0v) is 12.0. The smallest absolute Gasteiger partial charge is 0.322 e. The summed E-state index contributed by atoms with van der Waals surface area (Å²) in [5, 5.41) is 16.5. The second-order valence-electron chi connectivity index (χ2n) is 5.62. The van der Waals surface area contributed by atoms with E-state index in [9.17, 15) is 14.4 Å². The highest BCUT2D eigenvalue weighted by Gasteiger charge is 2.37. The summed E-state index contributed by atoms with van der Waals surface area (Å²) in [7, 11) is 0. The summed E-state index contributed by atoms with van der Waals surface area (Å²) in [5.74, 6) is -1.56. The third kappa shape index (κ3) is 4.80. The van der Waals surface area contributed by atoms with Crippen LogP contribution in [0.4, 0.5) is 0 Å². The van der Waals surface area contributed by atoms with Crippen LogP contribution in [0.1, 0.15) is 26.7 Å². The van der Waals surface area contributed by atoms with Crippen molar-refractivity contribution < 1.29 is 19.5 Å². The largest absolute Gasteiger partial charge is 0.480 e. The predicted molar refractivity (Wildman–Crippen MR) is 73.0 cm³/mol. The third-order valence-corrected chi connectivity index (χ3v) is 3.75. The summed E-state index contributed by atoms with van der Waals surface area (Å²) in [5.41, 5.74) is -0.555. The van der Waals surface area contributed by atoms with E-state index >= 15 is 0 Å². The van der Waals surface area contributed by atoms with Gasteiger partial charge in [0.15, 0.2) is 0 Å². The van der Waals surface area contributed by atoms with Gasteiger partial charge in [-0.1, -0.05) is 13.8 Å². The number of carbonyl (C=O) groups is 3. The van der Waals surface area contributed by atoms with E-state index in [1.807, 2.05) is 13.8 Å². The molecule has 1 rings (SSSR count). The van der Waals surface area contributed by atoms with E-state index in [4.69, 9.17) is 5.11 Å². The summed E-state index contributed by atoms with van der Waals surface area (Å²) in [6, 6.07) is 0. The molecule has 1 saturated heterocycles. The average Bonchev–Trinajstić information content (AvgIpc) is 2.43. The molecule has 4 N–H and O–H groups in total. The van der Waals surface area contributed by atoms with Crippen molar-refractivity contribution >= 4 is 17.8 Å². The van der Waals surface area contributed by atoms with Gasteiger partial charge in [-0.2, -0.15) is 0 Å². The Hall–Kier alpha value is -1.63. The Morgan fingerprint density at radius 1 is 1.25 bits per heavy atom.